The van der Waals surface area contributed by atoms with Crippen molar-refractivity contribution in [3.63, 3.8) is 0 Å². The van der Waals surface area contributed by atoms with Gasteiger partial charge >= 0.3 is 6.03 Å². The molecule has 25 heavy (non-hydrogen) atoms. The molecule has 6 nitrogen and oxygen atoms in total. The van der Waals surface area contributed by atoms with Crippen molar-refractivity contribution >= 4 is 29.0 Å². The van der Waals surface area contributed by atoms with Gasteiger partial charge in [-0.1, -0.05) is 12.1 Å². The Morgan fingerprint density at radius 3 is 2.92 bits per heavy atom. The highest BCUT2D eigenvalue weighted by molar-refractivity contribution is 7.07. The molecule has 1 saturated heterocycles. The summed E-state index contributed by atoms with van der Waals surface area (Å²) in [5.74, 6) is -0.384. The highest BCUT2D eigenvalue weighted by Gasteiger charge is 2.28. The molecule has 1 fully saturated rings. The van der Waals surface area contributed by atoms with Crippen molar-refractivity contribution in [2.24, 2.45) is 18.0 Å². The van der Waals surface area contributed by atoms with Crippen LogP contribution < -0.4 is 10.1 Å². The summed E-state index contributed by atoms with van der Waals surface area (Å²) in [6.45, 7) is 3.06. The molecule has 1 aliphatic heterocycles. The summed E-state index contributed by atoms with van der Waals surface area (Å²) < 4.78 is 1.83. The van der Waals surface area contributed by atoms with E-state index in [1.54, 1.807) is 4.90 Å². The molecule has 2 heterocycles. The van der Waals surface area contributed by atoms with E-state index in [-0.39, 0.29) is 17.9 Å². The fourth-order valence-corrected chi connectivity index (χ4v) is 3.64. The molecule has 7 heteroatoms. The third-order valence-electron chi connectivity index (χ3n) is 4.29. The molecule has 3 amide bonds. The van der Waals surface area contributed by atoms with Crippen LogP contribution in [0.4, 0.5) is 10.5 Å². The number of thiazole rings is 1. The quantitative estimate of drug-likeness (QED) is 0.897. The van der Waals surface area contributed by atoms with Crippen LogP contribution in [0.15, 0.2) is 40.8 Å². The minimum atomic E-state index is -0.237. The van der Waals surface area contributed by atoms with Gasteiger partial charge in [0.2, 0.25) is 0 Å². The van der Waals surface area contributed by atoms with E-state index >= 15 is 0 Å². The first kappa shape index (κ1) is 17.4. The Hall–Kier alpha value is -2.41. The smallest absolute Gasteiger partial charge is 0.321 e. The summed E-state index contributed by atoms with van der Waals surface area (Å²) in [5.41, 5.74) is 1.86. The molecule has 3 rings (SSSR count). The van der Waals surface area contributed by atoms with Crippen LogP contribution in [-0.2, 0) is 11.8 Å². The van der Waals surface area contributed by atoms with Crippen LogP contribution in [0.1, 0.15) is 18.4 Å². The van der Waals surface area contributed by atoms with Crippen molar-refractivity contribution in [1.29, 1.82) is 0 Å². The van der Waals surface area contributed by atoms with Crippen LogP contribution in [0, 0.1) is 12.8 Å². The van der Waals surface area contributed by atoms with E-state index in [9.17, 15) is 9.59 Å². The highest BCUT2D eigenvalue weighted by atomic mass is 32.1. The third kappa shape index (κ3) is 4.36. The van der Waals surface area contributed by atoms with E-state index in [0.29, 0.717) is 17.9 Å². The fourth-order valence-electron chi connectivity index (χ4n) is 2.91. The number of hydrogen-bond donors (Lipinski definition) is 1. The van der Waals surface area contributed by atoms with Crippen LogP contribution in [0.25, 0.3) is 0 Å². The van der Waals surface area contributed by atoms with Crippen molar-refractivity contribution in [2.45, 2.75) is 19.8 Å². The Morgan fingerprint density at radius 1 is 1.36 bits per heavy atom. The normalized spacial score (nSPS) is 18.2. The number of carbonyl (C=O) groups excluding carboxylic acids is 2. The number of nitrogens with zero attached hydrogens (tertiary/aromatic N) is 3. The zero-order valence-corrected chi connectivity index (χ0v) is 15.3. The summed E-state index contributed by atoms with van der Waals surface area (Å²) in [4.78, 5) is 31.6. The number of carbonyl (C=O) groups is 2. The summed E-state index contributed by atoms with van der Waals surface area (Å²) in [5, 5.41) is 4.81. The molecule has 2 aromatic rings. The first-order valence-electron chi connectivity index (χ1n) is 8.34. The van der Waals surface area contributed by atoms with Gasteiger partial charge in [-0.2, -0.15) is 4.99 Å². The van der Waals surface area contributed by atoms with Crippen LogP contribution in [0.3, 0.4) is 0 Å². The molecule has 0 radical (unpaired) electrons. The maximum Gasteiger partial charge on any atom is 0.321 e. The number of amides is 3. The number of hydrogen-bond acceptors (Lipinski definition) is 3. The Labute approximate surface area is 150 Å². The maximum absolute atomic E-state index is 12.5. The van der Waals surface area contributed by atoms with E-state index in [1.165, 1.54) is 11.3 Å². The van der Waals surface area contributed by atoms with Crippen LogP contribution in [-0.4, -0.2) is 34.5 Å². The number of benzene rings is 1. The Kier molecular flexibility index (Phi) is 5.33. The Morgan fingerprint density at radius 2 is 2.20 bits per heavy atom. The number of aromatic nitrogens is 1. The average molecular weight is 358 g/mol. The van der Waals surface area contributed by atoms with E-state index in [1.807, 2.05) is 54.4 Å². The Balaban J connectivity index is 1.65. The monoisotopic (exact) mass is 358 g/mol. The lowest BCUT2D eigenvalue weighted by Crippen LogP contribution is -2.44. The third-order valence-corrected chi connectivity index (χ3v) is 5.14. The number of aryl methyl sites for hydroxylation is 2. The molecular weight excluding hydrogens is 336 g/mol. The van der Waals surface area contributed by atoms with Gasteiger partial charge < -0.3 is 14.8 Å². The van der Waals surface area contributed by atoms with Gasteiger partial charge in [0.1, 0.15) is 0 Å². The lowest BCUT2D eigenvalue weighted by Gasteiger charge is -2.31. The first-order chi connectivity index (χ1) is 12.0. The van der Waals surface area contributed by atoms with Crippen molar-refractivity contribution in [2.75, 3.05) is 18.4 Å². The summed E-state index contributed by atoms with van der Waals surface area (Å²) >= 11 is 1.43. The number of piperidine rings is 1. The zero-order valence-electron chi connectivity index (χ0n) is 14.4. The van der Waals surface area contributed by atoms with Gasteiger partial charge in [0.05, 0.1) is 5.92 Å². The second-order valence-electron chi connectivity index (χ2n) is 6.33. The molecule has 1 N–H and O–H groups in total. The van der Waals surface area contributed by atoms with Crippen LogP contribution in [0.2, 0.25) is 0 Å². The Bertz CT molecular complexity index is 839. The van der Waals surface area contributed by atoms with Gasteiger partial charge in [0.25, 0.3) is 5.91 Å². The first-order valence-corrected chi connectivity index (χ1v) is 9.22. The molecule has 0 saturated carbocycles. The average Bonchev–Trinajstić information content (AvgIpc) is 3.00. The molecule has 132 valence electrons. The zero-order chi connectivity index (χ0) is 17.8. The number of anilines is 1. The standard InChI is InChI=1S/C18H22N4O2S/c1-13-5-3-7-15(11-13)19-17(24)22-8-4-6-14(12-22)16(23)20-18-21(2)9-10-25-18/h3,5,7,9-11,14H,4,6,8,12H2,1-2H3,(H,19,24). The molecule has 1 aromatic heterocycles. The van der Waals surface area contributed by atoms with Gasteiger partial charge in [-0.05, 0) is 37.5 Å². The van der Waals surface area contributed by atoms with Gasteiger partial charge in [0.15, 0.2) is 4.80 Å². The van der Waals surface area contributed by atoms with Gasteiger partial charge in [-0.25, -0.2) is 4.79 Å². The number of urea groups is 1. The summed E-state index contributed by atoms with van der Waals surface area (Å²) in [7, 11) is 1.87. The predicted octanol–water partition coefficient (Wildman–Crippen LogP) is 2.77. The van der Waals surface area contributed by atoms with E-state index in [2.05, 4.69) is 10.3 Å². The lowest BCUT2D eigenvalue weighted by atomic mass is 9.98. The molecule has 1 unspecified atom stereocenters. The summed E-state index contributed by atoms with van der Waals surface area (Å²) in [6.07, 6.45) is 3.45. The number of nitrogens with one attached hydrogen (secondary N) is 1. The molecule has 1 atom stereocenters. The second-order valence-corrected chi connectivity index (χ2v) is 7.20. The maximum atomic E-state index is 12.5. The molecule has 0 spiro atoms. The van der Waals surface area contributed by atoms with Gasteiger partial charge in [0, 0.05) is 37.4 Å². The van der Waals surface area contributed by atoms with Gasteiger partial charge in [-0.15, -0.1) is 11.3 Å². The largest absolute Gasteiger partial charge is 0.327 e. The SMILES string of the molecule is Cc1cccc(NC(=O)N2CCCC(C(=O)N=c3sccn3C)C2)c1. The van der Waals surface area contributed by atoms with E-state index in [4.69, 9.17) is 0 Å². The minimum Gasteiger partial charge on any atom is -0.327 e. The van der Waals surface area contributed by atoms with Gasteiger partial charge in [-0.3, -0.25) is 4.79 Å². The van der Waals surface area contributed by atoms with Crippen LogP contribution >= 0.6 is 11.3 Å². The molecule has 1 aliphatic rings. The molecular formula is C18H22N4O2S. The summed E-state index contributed by atoms with van der Waals surface area (Å²) in [6, 6.07) is 7.52. The van der Waals surface area contributed by atoms with Crippen molar-refractivity contribution in [1.82, 2.24) is 9.47 Å². The predicted molar refractivity (Wildman–Crippen MR) is 98.4 cm³/mol. The van der Waals surface area contributed by atoms with Crippen LogP contribution in [0.5, 0.6) is 0 Å². The van der Waals surface area contributed by atoms with Crippen molar-refractivity contribution < 1.29 is 9.59 Å². The fraction of sp³-hybridized carbons (Fsp3) is 0.389. The lowest BCUT2D eigenvalue weighted by molar-refractivity contribution is -0.123. The second kappa shape index (κ2) is 7.65. The minimum absolute atomic E-state index is 0.147. The molecule has 1 aromatic carbocycles. The molecule has 0 aliphatic carbocycles. The van der Waals surface area contributed by atoms with E-state index < -0.39 is 0 Å². The number of likely N-dealkylation sites (tertiary alicyclic amines) is 1. The topological polar surface area (TPSA) is 66.7 Å². The highest BCUT2D eigenvalue weighted by Crippen LogP contribution is 2.19. The number of rotatable bonds is 2. The van der Waals surface area contributed by atoms with Crippen molar-refractivity contribution in [3.05, 3.63) is 46.2 Å². The molecule has 0 bridgehead atoms. The van der Waals surface area contributed by atoms with E-state index in [0.717, 1.165) is 24.1 Å². The van der Waals surface area contributed by atoms with Crippen molar-refractivity contribution in [3.8, 4) is 0 Å².